The third kappa shape index (κ3) is 4.52. The Morgan fingerprint density at radius 3 is 2.66 bits per heavy atom. The molecule has 1 aliphatic heterocycles. The molecule has 0 unspecified atom stereocenters. The van der Waals surface area contributed by atoms with E-state index in [4.69, 9.17) is 11.6 Å². The zero-order valence-corrected chi connectivity index (χ0v) is 19.3. The van der Waals surface area contributed by atoms with Gasteiger partial charge in [0.2, 0.25) is 0 Å². The van der Waals surface area contributed by atoms with Crippen LogP contribution in [0.5, 0.6) is 0 Å². The number of anilines is 1. The Hall–Kier alpha value is -2.83. The predicted molar refractivity (Wildman–Crippen MR) is 126 cm³/mol. The minimum Gasteiger partial charge on any atom is -0.350 e. The van der Waals surface area contributed by atoms with Crippen molar-refractivity contribution < 1.29 is 14.0 Å². The first-order chi connectivity index (χ1) is 15.4. The number of amides is 2. The highest BCUT2D eigenvalue weighted by Crippen LogP contribution is 2.42. The molecule has 0 saturated heterocycles. The molecule has 1 N–H and O–H groups in total. The summed E-state index contributed by atoms with van der Waals surface area (Å²) in [5, 5.41) is 3.21. The molecule has 0 bridgehead atoms. The Balaban J connectivity index is 1.80. The number of fused-ring (bicyclic) bond motifs is 2. The Morgan fingerprint density at radius 1 is 1.12 bits per heavy atom. The second kappa shape index (κ2) is 9.35. The highest BCUT2D eigenvalue weighted by molar-refractivity contribution is 7.99. The molecular formula is C25H22ClFN2O2S. The molecule has 164 valence electrons. The smallest absolute Gasteiger partial charge is 0.259 e. The maximum Gasteiger partial charge on any atom is 0.259 e. The summed E-state index contributed by atoms with van der Waals surface area (Å²) in [5.74, 6) is -0.834. The van der Waals surface area contributed by atoms with Gasteiger partial charge in [0.05, 0.1) is 17.8 Å². The van der Waals surface area contributed by atoms with Gasteiger partial charge in [-0.25, -0.2) is 4.39 Å². The molecule has 32 heavy (non-hydrogen) atoms. The number of hydrogen-bond acceptors (Lipinski definition) is 3. The second-order valence-electron chi connectivity index (χ2n) is 7.69. The molecule has 7 heteroatoms. The van der Waals surface area contributed by atoms with Gasteiger partial charge in [-0.05, 0) is 61.4 Å². The zero-order chi connectivity index (χ0) is 22.8. The van der Waals surface area contributed by atoms with Crippen molar-refractivity contribution in [3.05, 3.63) is 88.2 Å². The van der Waals surface area contributed by atoms with Crippen LogP contribution in [-0.4, -0.2) is 17.9 Å². The molecule has 0 aliphatic carbocycles. The summed E-state index contributed by atoms with van der Waals surface area (Å²) in [5.41, 5.74) is 2.27. The summed E-state index contributed by atoms with van der Waals surface area (Å²) in [4.78, 5) is 29.6. The predicted octanol–water partition coefficient (Wildman–Crippen LogP) is 6.32. The molecule has 0 aromatic heterocycles. The normalized spacial score (nSPS) is 13.8. The SMILES string of the molecule is CC[C@@H](C)NC(=O)c1ccc2c(c1)N(Cc1ccc(F)cc1Cl)C(=O)c1ccccc1S2. The van der Waals surface area contributed by atoms with Crippen LogP contribution in [0.3, 0.4) is 0 Å². The molecular weight excluding hydrogens is 447 g/mol. The van der Waals surface area contributed by atoms with Gasteiger partial charge in [0.1, 0.15) is 5.82 Å². The fourth-order valence-corrected chi connectivity index (χ4v) is 4.73. The van der Waals surface area contributed by atoms with Crippen molar-refractivity contribution in [3.8, 4) is 0 Å². The van der Waals surface area contributed by atoms with Crippen molar-refractivity contribution in [2.45, 2.75) is 42.6 Å². The first-order valence-corrected chi connectivity index (χ1v) is 11.5. The quantitative estimate of drug-likeness (QED) is 0.476. The molecule has 4 nitrogen and oxygen atoms in total. The van der Waals surface area contributed by atoms with E-state index < -0.39 is 5.82 Å². The lowest BCUT2D eigenvalue weighted by atomic mass is 10.1. The zero-order valence-electron chi connectivity index (χ0n) is 17.7. The first kappa shape index (κ1) is 22.4. The molecule has 3 aromatic rings. The van der Waals surface area contributed by atoms with Crippen LogP contribution in [0.15, 0.2) is 70.5 Å². The number of rotatable bonds is 5. The summed E-state index contributed by atoms with van der Waals surface area (Å²) < 4.78 is 13.6. The summed E-state index contributed by atoms with van der Waals surface area (Å²) >= 11 is 7.75. The van der Waals surface area contributed by atoms with Crippen LogP contribution in [0.4, 0.5) is 10.1 Å². The van der Waals surface area contributed by atoms with E-state index in [0.717, 1.165) is 16.2 Å². The van der Waals surface area contributed by atoms with Gasteiger partial charge in [0.15, 0.2) is 0 Å². The van der Waals surface area contributed by atoms with Crippen molar-refractivity contribution >= 4 is 40.9 Å². The van der Waals surface area contributed by atoms with Gasteiger partial charge in [-0.15, -0.1) is 0 Å². The maximum absolute atomic E-state index is 13.6. The Kier molecular flexibility index (Phi) is 6.53. The van der Waals surface area contributed by atoms with E-state index >= 15 is 0 Å². The number of benzene rings is 3. The third-order valence-electron chi connectivity index (χ3n) is 5.43. The Labute approximate surface area is 195 Å². The van der Waals surface area contributed by atoms with E-state index in [2.05, 4.69) is 5.32 Å². The summed E-state index contributed by atoms with van der Waals surface area (Å²) in [6.07, 6.45) is 0.815. The summed E-state index contributed by atoms with van der Waals surface area (Å²) in [6, 6.07) is 16.9. The fraction of sp³-hybridized carbons (Fsp3) is 0.200. The van der Waals surface area contributed by atoms with Gasteiger partial charge in [-0.3, -0.25) is 9.59 Å². The molecule has 0 fully saturated rings. The highest BCUT2D eigenvalue weighted by atomic mass is 35.5. The molecule has 0 spiro atoms. The topological polar surface area (TPSA) is 49.4 Å². The molecule has 0 saturated carbocycles. The number of carbonyl (C=O) groups is 2. The third-order valence-corrected chi connectivity index (χ3v) is 6.92. The van der Waals surface area contributed by atoms with Crippen molar-refractivity contribution in [1.82, 2.24) is 5.32 Å². The van der Waals surface area contributed by atoms with Gasteiger partial charge in [0.25, 0.3) is 11.8 Å². The number of nitrogens with one attached hydrogen (secondary N) is 1. The lowest BCUT2D eigenvalue weighted by Crippen LogP contribution is -2.33. The minimum atomic E-state index is -0.439. The molecule has 3 aromatic carbocycles. The number of carbonyl (C=O) groups excluding carboxylic acids is 2. The van der Waals surface area contributed by atoms with E-state index in [-0.39, 0.29) is 29.4 Å². The van der Waals surface area contributed by atoms with Crippen LogP contribution in [0.25, 0.3) is 0 Å². The number of nitrogens with zero attached hydrogens (tertiary/aromatic N) is 1. The van der Waals surface area contributed by atoms with Crippen molar-refractivity contribution in [1.29, 1.82) is 0 Å². The number of halogens is 2. The standard InChI is InChI=1S/C25H22ClFN2O2S/c1-3-15(2)28-24(30)16-9-11-23-21(12-16)29(14-17-8-10-18(27)13-20(17)26)25(31)19-6-4-5-7-22(19)32-23/h4-13,15H,3,14H2,1-2H3,(H,28,30)/t15-/m1/s1. The summed E-state index contributed by atoms with van der Waals surface area (Å²) in [6.45, 7) is 4.10. The molecule has 4 rings (SSSR count). The molecule has 1 atom stereocenters. The largest absolute Gasteiger partial charge is 0.350 e. The van der Waals surface area contributed by atoms with Crippen molar-refractivity contribution in [3.63, 3.8) is 0 Å². The second-order valence-corrected chi connectivity index (χ2v) is 9.18. The first-order valence-electron chi connectivity index (χ1n) is 10.3. The van der Waals surface area contributed by atoms with Crippen LogP contribution in [-0.2, 0) is 6.54 Å². The van der Waals surface area contributed by atoms with Crippen LogP contribution >= 0.6 is 23.4 Å². The lowest BCUT2D eigenvalue weighted by molar-refractivity contribution is 0.0936. The fourth-order valence-electron chi connectivity index (χ4n) is 3.45. The molecule has 0 radical (unpaired) electrons. The van der Waals surface area contributed by atoms with Crippen molar-refractivity contribution in [2.75, 3.05) is 4.90 Å². The molecule has 2 amide bonds. The van der Waals surface area contributed by atoms with Gasteiger partial charge in [0, 0.05) is 26.4 Å². The molecule has 1 heterocycles. The van der Waals surface area contributed by atoms with E-state index in [9.17, 15) is 14.0 Å². The molecule has 1 aliphatic rings. The minimum absolute atomic E-state index is 0.0377. The number of hydrogen-bond donors (Lipinski definition) is 1. The highest BCUT2D eigenvalue weighted by Gasteiger charge is 2.28. The van der Waals surface area contributed by atoms with Gasteiger partial charge < -0.3 is 10.2 Å². The maximum atomic E-state index is 13.6. The van der Waals surface area contributed by atoms with E-state index in [0.29, 0.717) is 22.4 Å². The van der Waals surface area contributed by atoms with Gasteiger partial charge in [-0.1, -0.05) is 48.5 Å². The monoisotopic (exact) mass is 468 g/mol. The van der Waals surface area contributed by atoms with Crippen LogP contribution < -0.4 is 10.2 Å². The van der Waals surface area contributed by atoms with E-state index in [1.165, 1.54) is 23.9 Å². The Morgan fingerprint density at radius 2 is 1.91 bits per heavy atom. The lowest BCUT2D eigenvalue weighted by Gasteiger charge is -2.24. The van der Waals surface area contributed by atoms with Gasteiger partial charge >= 0.3 is 0 Å². The average molecular weight is 469 g/mol. The van der Waals surface area contributed by atoms with E-state index in [1.807, 2.05) is 38.1 Å². The van der Waals surface area contributed by atoms with Crippen molar-refractivity contribution in [2.24, 2.45) is 0 Å². The van der Waals surface area contributed by atoms with E-state index in [1.54, 1.807) is 29.2 Å². The van der Waals surface area contributed by atoms with Crippen LogP contribution in [0.1, 0.15) is 46.5 Å². The van der Waals surface area contributed by atoms with Crippen LogP contribution in [0, 0.1) is 5.82 Å². The average Bonchev–Trinajstić information content (AvgIpc) is 2.89. The Bertz CT molecular complexity index is 1200. The summed E-state index contributed by atoms with van der Waals surface area (Å²) in [7, 11) is 0. The van der Waals surface area contributed by atoms with Crippen LogP contribution in [0.2, 0.25) is 5.02 Å². The van der Waals surface area contributed by atoms with Gasteiger partial charge in [-0.2, -0.15) is 0 Å².